The van der Waals surface area contributed by atoms with Gasteiger partial charge in [0.25, 0.3) is 0 Å². The largest absolute Gasteiger partial charge is 0.494 e. The Morgan fingerprint density at radius 2 is 2.12 bits per heavy atom. The maximum atomic E-state index is 12.5. The summed E-state index contributed by atoms with van der Waals surface area (Å²) in [5, 5.41) is 2.86. The summed E-state index contributed by atoms with van der Waals surface area (Å²) < 4.78 is 11.6. The predicted molar refractivity (Wildman–Crippen MR) is 105 cm³/mol. The summed E-state index contributed by atoms with van der Waals surface area (Å²) in [6, 6.07) is 14.0. The lowest BCUT2D eigenvalue weighted by molar-refractivity contribution is -0.120. The van der Waals surface area contributed by atoms with Gasteiger partial charge in [0.15, 0.2) is 0 Å². The molecule has 0 fully saturated rings. The van der Waals surface area contributed by atoms with E-state index in [4.69, 9.17) is 9.47 Å². The summed E-state index contributed by atoms with van der Waals surface area (Å²) in [6.07, 6.45) is 1.08. The Morgan fingerprint density at radius 3 is 2.85 bits per heavy atom. The number of amides is 1. The van der Waals surface area contributed by atoms with Gasteiger partial charge in [-0.3, -0.25) is 4.79 Å². The number of nitrogens with one attached hydrogen (secondary N) is 1. The number of benzene rings is 2. The summed E-state index contributed by atoms with van der Waals surface area (Å²) in [5.74, 6) is 1.74. The van der Waals surface area contributed by atoms with Crippen LogP contribution < -0.4 is 14.8 Å². The molecule has 1 aliphatic heterocycles. The van der Waals surface area contributed by atoms with E-state index in [9.17, 15) is 4.79 Å². The predicted octanol–water partition coefficient (Wildman–Crippen LogP) is 4.21. The van der Waals surface area contributed by atoms with Crippen LogP contribution in [-0.4, -0.2) is 23.9 Å². The van der Waals surface area contributed by atoms with E-state index >= 15 is 0 Å². The van der Waals surface area contributed by atoms with E-state index in [1.165, 1.54) is 5.56 Å². The fourth-order valence-corrected chi connectivity index (χ4v) is 3.91. The number of thioether (sulfide) groups is 1. The molecule has 1 N–H and O–H groups in total. The number of fused-ring (bicyclic) bond motifs is 1. The summed E-state index contributed by atoms with van der Waals surface area (Å²) in [5.41, 5.74) is 2.12. The first-order chi connectivity index (χ1) is 12.6. The summed E-state index contributed by atoms with van der Waals surface area (Å²) >= 11 is 1.55. The topological polar surface area (TPSA) is 47.6 Å². The zero-order valence-electron chi connectivity index (χ0n) is 15.5. The van der Waals surface area contributed by atoms with Gasteiger partial charge in [-0.05, 0) is 45.0 Å². The summed E-state index contributed by atoms with van der Waals surface area (Å²) in [7, 11) is 0. The van der Waals surface area contributed by atoms with Gasteiger partial charge in [0, 0.05) is 29.0 Å². The zero-order valence-corrected chi connectivity index (χ0v) is 16.3. The molecule has 3 rings (SSSR count). The molecule has 26 heavy (non-hydrogen) atoms. The highest BCUT2D eigenvalue weighted by atomic mass is 32.2. The van der Waals surface area contributed by atoms with Gasteiger partial charge < -0.3 is 14.8 Å². The molecule has 138 valence electrons. The molecule has 4 nitrogen and oxygen atoms in total. The number of rotatable bonds is 7. The van der Waals surface area contributed by atoms with Crippen molar-refractivity contribution in [2.75, 3.05) is 6.61 Å². The third kappa shape index (κ3) is 4.52. The highest BCUT2D eigenvalue weighted by Crippen LogP contribution is 2.35. The van der Waals surface area contributed by atoms with Crippen molar-refractivity contribution in [3.8, 4) is 11.5 Å². The van der Waals surface area contributed by atoms with Gasteiger partial charge in [0.1, 0.15) is 17.6 Å². The minimum Gasteiger partial charge on any atom is -0.494 e. The van der Waals surface area contributed by atoms with Gasteiger partial charge in [-0.15, -0.1) is 11.8 Å². The van der Waals surface area contributed by atoms with Crippen LogP contribution in [0.1, 0.15) is 31.9 Å². The SMILES string of the molecule is CCOc1cc2c(cc1CNC(=O)[C@@H](C)Sc1ccccc1)O[C@H](C)C2. The number of ether oxygens (including phenoxy) is 2. The standard InChI is InChI=1S/C21H25NO3S/c1-4-24-19-11-16-10-14(2)25-20(16)12-17(19)13-22-21(23)15(3)26-18-8-6-5-7-9-18/h5-9,11-12,14-15H,4,10,13H2,1-3H3,(H,22,23)/t14-,15-/m1/s1. The van der Waals surface area contributed by atoms with Crippen molar-refractivity contribution < 1.29 is 14.3 Å². The maximum Gasteiger partial charge on any atom is 0.233 e. The van der Waals surface area contributed by atoms with Crippen LogP contribution in [0.25, 0.3) is 0 Å². The van der Waals surface area contributed by atoms with Gasteiger partial charge in [-0.1, -0.05) is 18.2 Å². The smallest absolute Gasteiger partial charge is 0.233 e. The summed E-state index contributed by atoms with van der Waals surface area (Å²) in [4.78, 5) is 13.6. The molecule has 0 saturated heterocycles. The monoisotopic (exact) mass is 371 g/mol. The van der Waals surface area contributed by atoms with E-state index in [2.05, 4.69) is 12.2 Å². The lowest BCUT2D eigenvalue weighted by atomic mass is 10.1. The van der Waals surface area contributed by atoms with Crippen molar-refractivity contribution in [3.05, 3.63) is 53.6 Å². The number of hydrogen-bond acceptors (Lipinski definition) is 4. The van der Waals surface area contributed by atoms with Gasteiger partial charge >= 0.3 is 0 Å². The van der Waals surface area contributed by atoms with E-state index in [1.807, 2.05) is 56.3 Å². The first kappa shape index (κ1) is 18.6. The fourth-order valence-electron chi connectivity index (χ4n) is 2.99. The van der Waals surface area contributed by atoms with E-state index < -0.39 is 0 Å². The Labute approximate surface area is 159 Å². The van der Waals surface area contributed by atoms with Crippen LogP contribution in [0.5, 0.6) is 11.5 Å². The Hall–Kier alpha value is -2.14. The van der Waals surface area contributed by atoms with Gasteiger partial charge in [-0.25, -0.2) is 0 Å². The average Bonchev–Trinajstić information content (AvgIpc) is 2.99. The molecule has 2 aromatic carbocycles. The Bertz CT molecular complexity index is 763. The molecule has 0 saturated carbocycles. The average molecular weight is 372 g/mol. The minimum absolute atomic E-state index is 0.0103. The van der Waals surface area contributed by atoms with Crippen molar-refractivity contribution in [2.45, 2.75) is 50.0 Å². The Kier molecular flexibility index (Phi) is 6.09. The third-order valence-electron chi connectivity index (χ3n) is 4.26. The van der Waals surface area contributed by atoms with Crippen LogP contribution in [0.3, 0.4) is 0 Å². The second-order valence-electron chi connectivity index (χ2n) is 6.42. The molecule has 5 heteroatoms. The van der Waals surface area contributed by atoms with Crippen LogP contribution in [0.4, 0.5) is 0 Å². The second-order valence-corrected chi connectivity index (χ2v) is 7.84. The third-order valence-corrected chi connectivity index (χ3v) is 5.37. The quantitative estimate of drug-likeness (QED) is 0.741. The van der Waals surface area contributed by atoms with Gasteiger partial charge in [0.2, 0.25) is 5.91 Å². The minimum atomic E-state index is -0.168. The molecule has 0 spiro atoms. The molecule has 0 unspecified atom stereocenters. The first-order valence-electron chi connectivity index (χ1n) is 9.01. The van der Waals surface area contributed by atoms with Crippen molar-refractivity contribution >= 4 is 17.7 Å². The fraction of sp³-hybridized carbons (Fsp3) is 0.381. The Balaban J connectivity index is 1.65. The van der Waals surface area contributed by atoms with Crippen LogP contribution in [0, 0.1) is 0 Å². The number of carbonyl (C=O) groups is 1. The zero-order chi connectivity index (χ0) is 18.5. The van der Waals surface area contributed by atoms with Gasteiger partial charge in [0.05, 0.1) is 11.9 Å². The molecule has 0 bridgehead atoms. The second kappa shape index (κ2) is 8.49. The maximum absolute atomic E-state index is 12.5. The lowest BCUT2D eigenvalue weighted by Crippen LogP contribution is -2.30. The number of hydrogen-bond donors (Lipinski definition) is 1. The molecular weight excluding hydrogens is 346 g/mol. The molecule has 0 aliphatic carbocycles. The molecular formula is C21H25NO3S. The van der Waals surface area contributed by atoms with E-state index in [0.717, 1.165) is 28.4 Å². The molecule has 2 aromatic rings. The van der Waals surface area contributed by atoms with E-state index in [-0.39, 0.29) is 17.3 Å². The van der Waals surface area contributed by atoms with Crippen LogP contribution in [0.2, 0.25) is 0 Å². The highest BCUT2D eigenvalue weighted by molar-refractivity contribution is 8.00. The highest BCUT2D eigenvalue weighted by Gasteiger charge is 2.22. The van der Waals surface area contributed by atoms with Crippen LogP contribution in [-0.2, 0) is 17.8 Å². The van der Waals surface area contributed by atoms with Crippen LogP contribution in [0.15, 0.2) is 47.4 Å². The molecule has 0 aromatic heterocycles. The molecule has 0 radical (unpaired) electrons. The Morgan fingerprint density at radius 1 is 1.35 bits per heavy atom. The summed E-state index contributed by atoms with van der Waals surface area (Å²) in [6.45, 7) is 6.97. The van der Waals surface area contributed by atoms with Crippen LogP contribution >= 0.6 is 11.8 Å². The first-order valence-corrected chi connectivity index (χ1v) is 9.89. The molecule has 2 atom stereocenters. The van der Waals surface area contributed by atoms with Crippen molar-refractivity contribution in [3.63, 3.8) is 0 Å². The van der Waals surface area contributed by atoms with Crippen molar-refractivity contribution in [1.82, 2.24) is 5.32 Å². The van der Waals surface area contributed by atoms with Crippen molar-refractivity contribution in [2.24, 2.45) is 0 Å². The van der Waals surface area contributed by atoms with Gasteiger partial charge in [-0.2, -0.15) is 0 Å². The molecule has 1 aliphatic rings. The molecule has 1 heterocycles. The van der Waals surface area contributed by atoms with E-state index in [1.54, 1.807) is 11.8 Å². The lowest BCUT2D eigenvalue weighted by Gasteiger charge is -2.15. The normalized spacial score (nSPS) is 16.5. The van der Waals surface area contributed by atoms with Crippen molar-refractivity contribution in [1.29, 1.82) is 0 Å². The number of carbonyl (C=O) groups excluding carboxylic acids is 1. The van der Waals surface area contributed by atoms with E-state index in [0.29, 0.717) is 13.2 Å². The molecule has 1 amide bonds.